The first-order valence-electron chi connectivity index (χ1n) is 17.5. The lowest BCUT2D eigenvalue weighted by Gasteiger charge is -2.17. The van der Waals surface area contributed by atoms with Crippen LogP contribution >= 0.6 is 11.3 Å². The molecule has 0 aliphatic carbocycles. The lowest BCUT2D eigenvalue weighted by Crippen LogP contribution is -2.45. The van der Waals surface area contributed by atoms with Crippen molar-refractivity contribution in [2.24, 2.45) is 5.14 Å². The zero-order chi connectivity index (χ0) is 41.5. The molecule has 2 heterocycles. The first-order valence-corrected chi connectivity index (χ1v) is 21.3. The van der Waals surface area contributed by atoms with Gasteiger partial charge in [0.2, 0.25) is 10.2 Å². The Labute approximate surface area is 338 Å². The smallest absolute Gasteiger partial charge is 0.330 e. The van der Waals surface area contributed by atoms with Crippen LogP contribution < -0.4 is 19.9 Å². The summed E-state index contributed by atoms with van der Waals surface area (Å²) in [4.78, 5) is 29.3. The number of methoxy groups -OCH3 is 1. The average molecular weight is 863 g/mol. The number of fused-ring (bicyclic) bond motifs is 1. The van der Waals surface area contributed by atoms with E-state index in [1.807, 2.05) is 13.0 Å². The molecule has 5 aromatic rings. The van der Waals surface area contributed by atoms with Crippen molar-refractivity contribution in [1.82, 2.24) is 25.3 Å². The van der Waals surface area contributed by atoms with Crippen molar-refractivity contribution in [2.45, 2.75) is 42.0 Å². The highest BCUT2D eigenvalue weighted by Crippen LogP contribution is 2.28. The maximum absolute atomic E-state index is 12.8. The number of sulfonamides is 1. The fourth-order valence-electron chi connectivity index (χ4n) is 4.97. The monoisotopic (exact) mass is 862 g/mol. The number of esters is 1. The molecular weight excluding hydrogens is 821 g/mol. The Morgan fingerprint density at radius 1 is 0.862 bits per heavy atom. The normalized spacial score (nSPS) is 12.3. The number of hydrogen-bond acceptors (Lipinski definition) is 17. The van der Waals surface area contributed by atoms with Gasteiger partial charge in [-0.1, -0.05) is 35.0 Å². The van der Waals surface area contributed by atoms with Gasteiger partial charge < -0.3 is 33.7 Å². The van der Waals surface area contributed by atoms with Crippen LogP contribution in [0.2, 0.25) is 0 Å². The second kappa shape index (κ2) is 21.1. The largest absolute Gasteiger partial charge is 0.491 e. The number of rotatable bonds is 24. The molecule has 1 atom stereocenters. The van der Waals surface area contributed by atoms with Crippen LogP contribution in [0.3, 0.4) is 0 Å². The minimum absolute atomic E-state index is 0.00735. The lowest BCUT2D eigenvalue weighted by atomic mass is 10.2. The second-order valence-electron chi connectivity index (χ2n) is 12.3. The summed E-state index contributed by atoms with van der Waals surface area (Å²) in [7, 11) is -6.57. The Balaban J connectivity index is 0.959. The summed E-state index contributed by atoms with van der Waals surface area (Å²) < 4.78 is 87.2. The van der Waals surface area contributed by atoms with E-state index < -0.39 is 38.1 Å². The summed E-state index contributed by atoms with van der Waals surface area (Å²) in [5, 5.41) is 15.7. The van der Waals surface area contributed by atoms with Crippen molar-refractivity contribution in [3.05, 3.63) is 89.7 Å². The van der Waals surface area contributed by atoms with Crippen molar-refractivity contribution in [3.8, 4) is 11.5 Å². The predicted octanol–water partition coefficient (Wildman–Crippen LogP) is 2.11. The first kappa shape index (κ1) is 44.0. The van der Waals surface area contributed by atoms with Crippen LogP contribution in [0.15, 0.2) is 82.2 Å². The van der Waals surface area contributed by atoms with Gasteiger partial charge in [0.05, 0.1) is 74.7 Å². The molecule has 2 aromatic heterocycles. The van der Waals surface area contributed by atoms with Gasteiger partial charge >= 0.3 is 5.97 Å². The average Bonchev–Trinajstić information content (AvgIpc) is 3.84. The number of primary sulfonamides is 1. The van der Waals surface area contributed by atoms with Gasteiger partial charge in [-0.3, -0.25) is 8.98 Å². The molecule has 58 heavy (non-hydrogen) atoms. The van der Waals surface area contributed by atoms with Crippen LogP contribution in [-0.4, -0.2) is 108 Å². The van der Waals surface area contributed by atoms with E-state index in [4.69, 9.17) is 37.7 Å². The van der Waals surface area contributed by atoms with Gasteiger partial charge in [0, 0.05) is 0 Å². The Kier molecular flexibility index (Phi) is 16.0. The Morgan fingerprint density at radius 2 is 1.59 bits per heavy atom. The number of amides is 1. The summed E-state index contributed by atoms with van der Waals surface area (Å²) in [6.07, 6.45) is 1.51. The van der Waals surface area contributed by atoms with Crippen LogP contribution in [0.1, 0.15) is 16.8 Å². The molecule has 1 amide bonds. The summed E-state index contributed by atoms with van der Waals surface area (Å²) in [5.74, 6) is -0.231. The number of carbonyl (C=O) groups is 2. The summed E-state index contributed by atoms with van der Waals surface area (Å²) in [6, 6.07) is 17.3. The van der Waals surface area contributed by atoms with E-state index >= 15 is 0 Å². The third-order valence-corrected chi connectivity index (χ3v) is 11.4. The molecule has 0 fully saturated rings. The number of nitrogens with zero attached hydrogens (tertiary/aromatic N) is 4. The molecule has 5 rings (SSSR count). The van der Waals surface area contributed by atoms with Crippen molar-refractivity contribution in [1.29, 1.82) is 0 Å². The number of ether oxygens (including phenoxy) is 6. The highest BCUT2D eigenvalue weighted by Gasteiger charge is 2.23. The van der Waals surface area contributed by atoms with E-state index in [-0.39, 0.29) is 75.2 Å². The summed E-state index contributed by atoms with van der Waals surface area (Å²) in [6.45, 7) is 2.58. The molecule has 1 unspecified atom stereocenters. The highest BCUT2D eigenvalue weighted by molar-refractivity contribution is 7.91. The molecule has 0 aliphatic rings. The van der Waals surface area contributed by atoms with E-state index in [1.54, 1.807) is 48.5 Å². The molecule has 0 saturated heterocycles. The molecular formula is C36H42N6O13S3. The first-order chi connectivity index (χ1) is 27.8. The Bertz CT molecular complexity index is 2350. The molecule has 312 valence electrons. The van der Waals surface area contributed by atoms with Crippen molar-refractivity contribution in [2.75, 3.05) is 53.4 Å². The predicted molar refractivity (Wildman–Crippen MR) is 207 cm³/mol. The molecule has 0 spiro atoms. The molecule has 3 aromatic carbocycles. The lowest BCUT2D eigenvalue weighted by molar-refractivity contribution is -0.147. The van der Waals surface area contributed by atoms with Crippen LogP contribution in [0.25, 0.3) is 10.2 Å². The van der Waals surface area contributed by atoms with E-state index in [0.717, 1.165) is 22.5 Å². The Hall–Kier alpha value is -5.07. The van der Waals surface area contributed by atoms with Crippen molar-refractivity contribution in [3.63, 3.8) is 0 Å². The van der Waals surface area contributed by atoms with Gasteiger partial charge in [0.15, 0.2) is 6.04 Å². The SMILES string of the molecule is COC(=O)C(COCc1cccc(OCCOCCOCCOS(=O)(=O)c2ccc(C)cc2)c1)NC(=O)Cn1cc(COc2ccc3nc(S(N)(=O)=O)sc3c2)nn1. The number of hydrogen-bond donors (Lipinski definition) is 2. The number of nitrogens with one attached hydrogen (secondary N) is 1. The van der Waals surface area contributed by atoms with Crippen LogP contribution in [0.4, 0.5) is 0 Å². The van der Waals surface area contributed by atoms with Crippen LogP contribution in [0, 0.1) is 6.92 Å². The fraction of sp³-hybridized carbons (Fsp3) is 0.361. The molecule has 19 nitrogen and oxygen atoms in total. The van der Waals surface area contributed by atoms with Crippen LogP contribution in [0.5, 0.6) is 11.5 Å². The van der Waals surface area contributed by atoms with Gasteiger partial charge in [-0.25, -0.2) is 28.0 Å². The molecule has 3 N–H and O–H groups in total. The number of nitrogens with two attached hydrogens (primary N) is 1. The van der Waals surface area contributed by atoms with E-state index in [2.05, 4.69) is 20.6 Å². The topological polar surface area (TPSA) is 249 Å². The third-order valence-electron chi connectivity index (χ3n) is 7.78. The number of aryl methyl sites for hydroxylation is 1. The zero-order valence-corrected chi connectivity index (χ0v) is 33.9. The highest BCUT2D eigenvalue weighted by atomic mass is 32.2. The number of aromatic nitrogens is 4. The number of carbonyl (C=O) groups excluding carboxylic acids is 2. The minimum atomic E-state index is -3.93. The van der Waals surface area contributed by atoms with Crippen LogP contribution in [-0.2, 0) is 72.6 Å². The molecule has 0 bridgehead atoms. The zero-order valence-electron chi connectivity index (χ0n) is 31.5. The van der Waals surface area contributed by atoms with Gasteiger partial charge in [-0.2, -0.15) is 8.42 Å². The van der Waals surface area contributed by atoms with E-state index in [9.17, 15) is 26.4 Å². The standard InChI is InChI=1S/C36H42N6O13S3/c1-25-6-9-30(10-7-25)58(47,48)55-17-15-51-13-12-50-14-16-53-28-5-3-4-26(18-28)22-52-24-32(35(44)49-2)38-34(43)21-42-20-27(40-41-42)23-54-29-8-11-31-33(19-29)56-36(39-31)57(37,45)46/h3-11,18-20,32H,12-17,21-24H2,1-2H3,(H,38,43)(H2,37,45,46). The van der Waals surface area contributed by atoms with Crippen molar-refractivity contribution < 1.29 is 59.0 Å². The third kappa shape index (κ3) is 13.8. The fourth-order valence-corrected chi connectivity index (χ4v) is 7.55. The molecule has 0 saturated carbocycles. The molecule has 0 aliphatic heterocycles. The molecule has 0 radical (unpaired) electrons. The van der Waals surface area contributed by atoms with E-state index in [0.29, 0.717) is 27.4 Å². The van der Waals surface area contributed by atoms with Gasteiger partial charge in [-0.15, -0.1) is 16.4 Å². The van der Waals surface area contributed by atoms with Gasteiger partial charge in [-0.05, 0) is 55.0 Å². The second-order valence-corrected chi connectivity index (χ2v) is 16.7. The Morgan fingerprint density at radius 3 is 2.33 bits per heavy atom. The van der Waals surface area contributed by atoms with Gasteiger partial charge in [0.25, 0.3) is 20.1 Å². The summed E-state index contributed by atoms with van der Waals surface area (Å²) in [5.41, 5.74) is 2.57. The number of thiazole rings is 1. The number of benzene rings is 3. The maximum Gasteiger partial charge on any atom is 0.330 e. The van der Waals surface area contributed by atoms with Crippen molar-refractivity contribution >= 4 is 53.6 Å². The molecule has 22 heteroatoms. The quantitative estimate of drug-likeness (QED) is 0.0512. The minimum Gasteiger partial charge on any atom is -0.491 e. The maximum atomic E-state index is 12.8. The van der Waals surface area contributed by atoms with Gasteiger partial charge in [0.1, 0.15) is 37.0 Å². The summed E-state index contributed by atoms with van der Waals surface area (Å²) >= 11 is 0.923. The van der Waals surface area contributed by atoms with E-state index in [1.165, 1.54) is 30.1 Å².